The second kappa shape index (κ2) is 14.5. The number of rotatable bonds is 14. The highest BCUT2D eigenvalue weighted by molar-refractivity contribution is 5.92. The van der Waals surface area contributed by atoms with Gasteiger partial charge in [0.25, 0.3) is 0 Å². The summed E-state index contributed by atoms with van der Waals surface area (Å²) in [6, 6.07) is 11.0. The van der Waals surface area contributed by atoms with Crippen molar-refractivity contribution in [2.45, 2.75) is 79.1 Å². The molecule has 2 rings (SSSR count). The molecule has 34 heavy (non-hydrogen) atoms. The zero-order chi connectivity index (χ0) is 24.9. The molecular formula is C28H36O6. The molecule has 2 aromatic carbocycles. The number of carbonyl (C=O) groups is 2. The molecule has 0 unspecified atom stereocenters. The van der Waals surface area contributed by atoms with E-state index in [0.29, 0.717) is 17.5 Å². The SMILES string of the molecule is [CH2]CCCCCCCC[C](OOC(=O)c1c(C)cccc1C)OOC(=O)c1c(C)cccc1C. The van der Waals surface area contributed by atoms with Crippen LogP contribution in [0.15, 0.2) is 36.4 Å². The standard InChI is InChI=1S/C28H36O6/c1-6-7-8-9-10-11-12-19-24(31-33-27(29)25-20(2)15-13-16-21(25)3)32-34-28(30)26-22(4)17-14-18-23(26)5/h13-18H,1,6-12,19H2,2-5H3. The maximum Gasteiger partial charge on any atom is 0.373 e. The van der Waals surface area contributed by atoms with Gasteiger partial charge in [-0.1, -0.05) is 81.8 Å². The predicted molar refractivity (Wildman–Crippen MR) is 130 cm³/mol. The van der Waals surface area contributed by atoms with E-state index in [9.17, 15) is 9.59 Å². The summed E-state index contributed by atoms with van der Waals surface area (Å²) < 4.78 is 0. The average molecular weight is 469 g/mol. The van der Waals surface area contributed by atoms with Gasteiger partial charge in [0.15, 0.2) is 0 Å². The van der Waals surface area contributed by atoms with E-state index in [4.69, 9.17) is 19.6 Å². The third kappa shape index (κ3) is 8.58. The highest BCUT2D eigenvalue weighted by atomic mass is 17.3. The van der Waals surface area contributed by atoms with Crippen LogP contribution in [0.1, 0.15) is 94.3 Å². The van der Waals surface area contributed by atoms with Gasteiger partial charge in [-0.2, -0.15) is 0 Å². The van der Waals surface area contributed by atoms with Crippen molar-refractivity contribution < 1.29 is 29.1 Å². The smallest absolute Gasteiger partial charge is 0.289 e. The average Bonchev–Trinajstić information content (AvgIpc) is 2.79. The van der Waals surface area contributed by atoms with E-state index in [1.54, 1.807) is 0 Å². The molecule has 0 aliphatic rings. The van der Waals surface area contributed by atoms with Crippen molar-refractivity contribution in [1.29, 1.82) is 0 Å². The summed E-state index contributed by atoms with van der Waals surface area (Å²) in [6.07, 6.45) is 7.39. The van der Waals surface area contributed by atoms with Crippen LogP contribution in [0.4, 0.5) is 0 Å². The summed E-state index contributed by atoms with van der Waals surface area (Å²) >= 11 is 0. The second-order valence-electron chi connectivity index (χ2n) is 8.54. The molecule has 2 radical (unpaired) electrons. The maximum absolute atomic E-state index is 12.6. The van der Waals surface area contributed by atoms with Crippen LogP contribution in [0.3, 0.4) is 0 Å². The zero-order valence-electron chi connectivity index (χ0n) is 20.8. The molecule has 2 aromatic rings. The van der Waals surface area contributed by atoms with Crippen molar-refractivity contribution in [3.05, 3.63) is 83.0 Å². The summed E-state index contributed by atoms with van der Waals surface area (Å²) in [6.45, 7) is 11.2. The van der Waals surface area contributed by atoms with Gasteiger partial charge in [-0.25, -0.2) is 9.59 Å². The largest absolute Gasteiger partial charge is 0.373 e. The summed E-state index contributed by atoms with van der Waals surface area (Å²) in [5.41, 5.74) is 3.97. The number of hydrogen-bond donors (Lipinski definition) is 0. The second-order valence-corrected chi connectivity index (χ2v) is 8.54. The molecule has 0 aliphatic carbocycles. The van der Waals surface area contributed by atoms with Crippen LogP contribution >= 0.6 is 0 Å². The highest BCUT2D eigenvalue weighted by Crippen LogP contribution is 2.22. The Morgan fingerprint density at radius 3 is 1.41 bits per heavy atom. The van der Waals surface area contributed by atoms with Crippen molar-refractivity contribution in [2.75, 3.05) is 0 Å². The van der Waals surface area contributed by atoms with Crippen LogP contribution < -0.4 is 0 Å². The maximum atomic E-state index is 12.6. The Bertz CT molecular complexity index is 828. The number of carbonyl (C=O) groups excluding carboxylic acids is 2. The first-order valence-corrected chi connectivity index (χ1v) is 11.9. The molecule has 0 heterocycles. The van der Waals surface area contributed by atoms with E-state index in [1.807, 2.05) is 64.1 Å². The minimum Gasteiger partial charge on any atom is -0.289 e. The van der Waals surface area contributed by atoms with E-state index < -0.39 is 11.9 Å². The van der Waals surface area contributed by atoms with Crippen molar-refractivity contribution in [3.8, 4) is 0 Å². The molecule has 0 fully saturated rings. The Balaban J connectivity index is 1.96. The zero-order valence-corrected chi connectivity index (χ0v) is 20.8. The molecule has 0 N–H and O–H groups in total. The van der Waals surface area contributed by atoms with Crippen LogP contribution in [0.5, 0.6) is 0 Å². The molecule has 0 spiro atoms. The molecule has 184 valence electrons. The number of aryl methyl sites for hydroxylation is 4. The highest BCUT2D eigenvalue weighted by Gasteiger charge is 2.23. The van der Waals surface area contributed by atoms with Gasteiger partial charge in [0.1, 0.15) is 0 Å². The fourth-order valence-corrected chi connectivity index (χ4v) is 3.78. The van der Waals surface area contributed by atoms with Crippen molar-refractivity contribution >= 4 is 11.9 Å². The molecule has 6 heteroatoms. The van der Waals surface area contributed by atoms with Crippen LogP contribution in [0.25, 0.3) is 0 Å². The first-order chi connectivity index (χ1) is 16.3. The Kier molecular flexibility index (Phi) is 11.8. The molecular weight excluding hydrogens is 432 g/mol. The Morgan fingerprint density at radius 1 is 0.618 bits per heavy atom. The summed E-state index contributed by atoms with van der Waals surface area (Å²) in [5, 5.41) is 0. The monoisotopic (exact) mass is 468 g/mol. The minimum absolute atomic E-state index is 0.0723. The molecule has 0 amide bonds. The Morgan fingerprint density at radius 2 is 1.00 bits per heavy atom. The van der Waals surface area contributed by atoms with Gasteiger partial charge < -0.3 is 0 Å². The lowest BCUT2D eigenvalue weighted by atomic mass is 10.0. The quantitative estimate of drug-likeness (QED) is 0.165. The first kappa shape index (κ1) is 27.5. The molecule has 0 saturated heterocycles. The summed E-state index contributed by atoms with van der Waals surface area (Å²) in [5.74, 6) is -1.27. The summed E-state index contributed by atoms with van der Waals surface area (Å²) in [7, 11) is 0. The number of benzene rings is 2. The van der Waals surface area contributed by atoms with Gasteiger partial charge in [-0.3, -0.25) is 9.78 Å². The normalized spacial score (nSPS) is 11.0. The van der Waals surface area contributed by atoms with Gasteiger partial charge in [0, 0.05) is 6.42 Å². The van der Waals surface area contributed by atoms with Gasteiger partial charge in [0.2, 0.25) is 0 Å². The molecule has 0 aromatic heterocycles. The molecule has 0 bridgehead atoms. The van der Waals surface area contributed by atoms with E-state index in [0.717, 1.165) is 67.2 Å². The topological polar surface area (TPSA) is 71.1 Å². The molecule has 0 saturated carbocycles. The number of unbranched alkanes of at least 4 members (excludes halogenated alkanes) is 6. The van der Waals surface area contributed by atoms with E-state index >= 15 is 0 Å². The van der Waals surface area contributed by atoms with Crippen LogP contribution in [-0.2, 0) is 19.6 Å². The fourth-order valence-electron chi connectivity index (χ4n) is 3.78. The predicted octanol–water partition coefficient (Wildman–Crippen LogP) is 7.24. The third-order valence-corrected chi connectivity index (χ3v) is 5.67. The molecule has 6 nitrogen and oxygen atoms in total. The summed E-state index contributed by atoms with van der Waals surface area (Å²) in [4.78, 5) is 45.7. The van der Waals surface area contributed by atoms with Gasteiger partial charge in [0.05, 0.1) is 11.1 Å². The van der Waals surface area contributed by atoms with Gasteiger partial charge in [-0.15, -0.1) is 9.78 Å². The van der Waals surface area contributed by atoms with Crippen molar-refractivity contribution in [3.63, 3.8) is 0 Å². The van der Waals surface area contributed by atoms with Crippen LogP contribution in [0.2, 0.25) is 0 Å². The van der Waals surface area contributed by atoms with E-state index in [1.165, 1.54) is 0 Å². The molecule has 0 aliphatic heterocycles. The van der Waals surface area contributed by atoms with E-state index in [2.05, 4.69) is 6.92 Å². The lowest BCUT2D eigenvalue weighted by Gasteiger charge is -2.15. The van der Waals surface area contributed by atoms with Crippen LogP contribution in [0, 0.1) is 40.9 Å². The van der Waals surface area contributed by atoms with Crippen LogP contribution in [-0.4, -0.2) is 11.9 Å². The molecule has 0 atom stereocenters. The van der Waals surface area contributed by atoms with Gasteiger partial charge >= 0.3 is 18.2 Å². The Hall–Kier alpha value is -2.70. The fraction of sp³-hybridized carbons (Fsp3) is 0.429. The lowest BCUT2D eigenvalue weighted by molar-refractivity contribution is -0.364. The number of hydrogen-bond acceptors (Lipinski definition) is 6. The van der Waals surface area contributed by atoms with Gasteiger partial charge in [-0.05, 0) is 56.4 Å². The third-order valence-electron chi connectivity index (χ3n) is 5.67. The lowest BCUT2D eigenvalue weighted by Crippen LogP contribution is -2.18. The first-order valence-electron chi connectivity index (χ1n) is 11.9. The minimum atomic E-state index is -0.633. The van der Waals surface area contributed by atoms with Crippen molar-refractivity contribution in [2.24, 2.45) is 0 Å². The van der Waals surface area contributed by atoms with Crippen molar-refractivity contribution in [1.82, 2.24) is 0 Å². The Labute approximate surface area is 203 Å². The van der Waals surface area contributed by atoms with E-state index in [-0.39, 0.29) is 6.29 Å².